The molecular formula is C20H29N5O2S. The molecule has 0 spiro atoms. The van der Waals surface area contributed by atoms with Crippen molar-refractivity contribution in [2.45, 2.75) is 50.5 Å². The fourth-order valence-corrected chi connectivity index (χ4v) is 5.24. The summed E-state index contributed by atoms with van der Waals surface area (Å²) in [5.74, 6) is 0.968. The summed E-state index contributed by atoms with van der Waals surface area (Å²) in [5.41, 5.74) is 9.19. The molecule has 2 aromatic heterocycles. The zero-order valence-electron chi connectivity index (χ0n) is 16.4. The van der Waals surface area contributed by atoms with Crippen LogP contribution in [0, 0.1) is 0 Å². The molecule has 0 amide bonds. The Labute approximate surface area is 170 Å². The number of aliphatic hydroxyl groups is 1. The minimum atomic E-state index is -0.186. The number of hydrogen-bond donors (Lipinski definition) is 2. The number of piperidine rings is 1. The maximum atomic E-state index is 8.78. The lowest BCUT2D eigenvalue weighted by Gasteiger charge is -2.27. The molecule has 2 fully saturated rings. The summed E-state index contributed by atoms with van der Waals surface area (Å²) in [6, 6.07) is 0. The Morgan fingerprint density at radius 2 is 2.04 bits per heavy atom. The average Bonchev–Trinajstić information content (AvgIpc) is 3.14. The molecule has 0 bridgehead atoms. The first-order chi connectivity index (χ1) is 13.6. The number of nitrogens with zero attached hydrogens (tertiary/aromatic N) is 4. The van der Waals surface area contributed by atoms with E-state index in [4.69, 9.17) is 20.6 Å². The number of likely N-dealkylation sites (tertiary alicyclic amines) is 1. The highest BCUT2D eigenvalue weighted by Gasteiger charge is 2.27. The third-order valence-corrected chi connectivity index (χ3v) is 6.91. The molecule has 0 aromatic carbocycles. The van der Waals surface area contributed by atoms with Crippen LogP contribution in [-0.4, -0.2) is 64.4 Å². The molecule has 1 atom stereocenters. The summed E-state index contributed by atoms with van der Waals surface area (Å²) in [7, 11) is 2.19. The Bertz CT molecular complexity index is 798. The standard InChI is InChI=1S/C15H19N5S.C5H10O2/c1-20-6-4-9(5-7-20)14-18-11-3-2-10-8-17-15(16)19-12(10)13(11)21-14;6-5-2-1-3-7-4-5/h8-9H,2-7H2,1H3,(H2,16,17,19);5-6H,1-4H2. The molecule has 7 nitrogen and oxygen atoms in total. The Hall–Kier alpha value is -1.61. The second-order valence-corrected chi connectivity index (χ2v) is 8.91. The number of aryl methyl sites for hydroxylation is 2. The van der Waals surface area contributed by atoms with Crippen LogP contribution in [0.25, 0.3) is 10.6 Å². The second kappa shape index (κ2) is 8.82. The van der Waals surface area contributed by atoms with Gasteiger partial charge >= 0.3 is 0 Å². The molecule has 5 rings (SSSR count). The lowest BCUT2D eigenvalue weighted by atomic mass is 9.97. The van der Waals surface area contributed by atoms with Crippen LogP contribution < -0.4 is 5.73 Å². The first-order valence-corrected chi connectivity index (χ1v) is 11.0. The van der Waals surface area contributed by atoms with Gasteiger partial charge in [-0.25, -0.2) is 15.0 Å². The van der Waals surface area contributed by atoms with Crippen molar-refractivity contribution >= 4 is 17.3 Å². The van der Waals surface area contributed by atoms with Crippen molar-refractivity contribution in [3.8, 4) is 10.6 Å². The van der Waals surface area contributed by atoms with Gasteiger partial charge in [0, 0.05) is 18.7 Å². The maximum absolute atomic E-state index is 8.78. The number of nitrogens with two attached hydrogens (primary N) is 1. The van der Waals surface area contributed by atoms with Crippen molar-refractivity contribution in [1.29, 1.82) is 0 Å². The number of aliphatic hydroxyl groups excluding tert-OH is 1. The van der Waals surface area contributed by atoms with Crippen molar-refractivity contribution in [1.82, 2.24) is 19.9 Å². The summed E-state index contributed by atoms with van der Waals surface area (Å²) < 4.78 is 4.93. The van der Waals surface area contributed by atoms with Crippen LogP contribution in [0.2, 0.25) is 0 Å². The number of aromatic nitrogens is 3. The minimum absolute atomic E-state index is 0.186. The molecule has 152 valence electrons. The average molecular weight is 404 g/mol. The summed E-state index contributed by atoms with van der Waals surface area (Å²) in [4.78, 5) is 17.1. The normalized spacial score (nSPS) is 22.7. The van der Waals surface area contributed by atoms with E-state index in [1.165, 1.54) is 47.1 Å². The Kier molecular flexibility index (Phi) is 6.20. The van der Waals surface area contributed by atoms with Gasteiger partial charge < -0.3 is 20.5 Å². The van der Waals surface area contributed by atoms with E-state index in [-0.39, 0.29) is 6.10 Å². The van der Waals surface area contributed by atoms with Crippen LogP contribution in [0.1, 0.15) is 47.9 Å². The minimum Gasteiger partial charge on any atom is -0.391 e. The highest BCUT2D eigenvalue weighted by Crippen LogP contribution is 2.40. The van der Waals surface area contributed by atoms with Gasteiger partial charge in [-0.05, 0) is 64.2 Å². The van der Waals surface area contributed by atoms with Crippen LogP contribution in [0.5, 0.6) is 0 Å². The van der Waals surface area contributed by atoms with Crippen molar-refractivity contribution in [3.63, 3.8) is 0 Å². The van der Waals surface area contributed by atoms with Crippen molar-refractivity contribution in [3.05, 3.63) is 22.5 Å². The van der Waals surface area contributed by atoms with Crippen molar-refractivity contribution < 1.29 is 9.84 Å². The molecule has 28 heavy (non-hydrogen) atoms. The first-order valence-electron chi connectivity index (χ1n) is 10.2. The maximum Gasteiger partial charge on any atom is 0.220 e. The van der Waals surface area contributed by atoms with Gasteiger partial charge in [-0.15, -0.1) is 11.3 Å². The summed E-state index contributed by atoms with van der Waals surface area (Å²) >= 11 is 1.82. The van der Waals surface area contributed by atoms with E-state index in [2.05, 4.69) is 21.9 Å². The zero-order chi connectivity index (χ0) is 19.5. The van der Waals surface area contributed by atoms with E-state index in [1.54, 1.807) is 0 Å². The van der Waals surface area contributed by atoms with Crippen LogP contribution >= 0.6 is 11.3 Å². The number of thiazole rings is 1. The van der Waals surface area contributed by atoms with E-state index < -0.39 is 0 Å². The molecule has 3 aliphatic rings. The van der Waals surface area contributed by atoms with Gasteiger partial charge in [0.25, 0.3) is 0 Å². The van der Waals surface area contributed by atoms with Gasteiger partial charge in [0.05, 0.1) is 34.0 Å². The lowest BCUT2D eigenvalue weighted by molar-refractivity contribution is -0.00535. The van der Waals surface area contributed by atoms with E-state index in [9.17, 15) is 0 Å². The molecule has 3 N–H and O–H groups in total. The van der Waals surface area contributed by atoms with Crippen LogP contribution in [0.3, 0.4) is 0 Å². The summed E-state index contributed by atoms with van der Waals surface area (Å²) in [5, 5.41) is 10.1. The Morgan fingerprint density at radius 3 is 2.71 bits per heavy atom. The monoisotopic (exact) mass is 403 g/mol. The first kappa shape index (κ1) is 19.7. The number of rotatable bonds is 1. The number of nitrogen functional groups attached to an aromatic ring is 1. The lowest BCUT2D eigenvalue weighted by Crippen LogP contribution is -2.29. The van der Waals surface area contributed by atoms with Gasteiger partial charge in [-0.1, -0.05) is 0 Å². The van der Waals surface area contributed by atoms with E-state index in [0.717, 1.165) is 38.0 Å². The van der Waals surface area contributed by atoms with E-state index in [1.807, 2.05) is 17.5 Å². The summed E-state index contributed by atoms with van der Waals surface area (Å²) in [6.07, 6.45) is 8.01. The number of ether oxygens (including phenoxy) is 1. The fraction of sp³-hybridized carbons (Fsp3) is 0.650. The molecule has 8 heteroatoms. The van der Waals surface area contributed by atoms with Crippen molar-refractivity contribution in [2.24, 2.45) is 0 Å². The second-order valence-electron chi connectivity index (χ2n) is 7.88. The predicted molar refractivity (Wildman–Crippen MR) is 110 cm³/mol. The highest BCUT2D eigenvalue weighted by atomic mass is 32.1. The molecule has 2 saturated heterocycles. The number of anilines is 1. The van der Waals surface area contributed by atoms with Gasteiger partial charge in [-0.3, -0.25) is 0 Å². The Morgan fingerprint density at radius 1 is 1.21 bits per heavy atom. The Balaban J connectivity index is 0.000000233. The molecule has 1 unspecified atom stereocenters. The van der Waals surface area contributed by atoms with Gasteiger partial charge in [0.1, 0.15) is 0 Å². The quantitative estimate of drug-likeness (QED) is 0.754. The van der Waals surface area contributed by atoms with Crippen LogP contribution in [0.4, 0.5) is 5.95 Å². The van der Waals surface area contributed by atoms with Crippen LogP contribution in [0.15, 0.2) is 6.20 Å². The van der Waals surface area contributed by atoms with E-state index >= 15 is 0 Å². The fourth-order valence-electron chi connectivity index (χ4n) is 3.93. The third kappa shape index (κ3) is 4.51. The van der Waals surface area contributed by atoms with Gasteiger partial charge in [0.15, 0.2) is 0 Å². The molecule has 0 saturated carbocycles. The predicted octanol–water partition coefficient (Wildman–Crippen LogP) is 2.25. The van der Waals surface area contributed by atoms with Gasteiger partial charge in [0.2, 0.25) is 5.95 Å². The molecule has 4 heterocycles. The number of hydrogen-bond acceptors (Lipinski definition) is 8. The highest BCUT2D eigenvalue weighted by molar-refractivity contribution is 7.15. The SMILES string of the molecule is CN1CCC(c2nc3c(s2)-c2nc(N)ncc2CC3)CC1.OC1CCCOC1. The topological polar surface area (TPSA) is 97.4 Å². The zero-order valence-corrected chi connectivity index (χ0v) is 17.2. The molecule has 0 radical (unpaired) electrons. The molecule has 2 aliphatic heterocycles. The third-order valence-electron chi connectivity index (χ3n) is 5.65. The smallest absolute Gasteiger partial charge is 0.220 e. The molecule has 2 aromatic rings. The molecular weight excluding hydrogens is 374 g/mol. The molecule has 1 aliphatic carbocycles. The van der Waals surface area contributed by atoms with Crippen molar-refractivity contribution in [2.75, 3.05) is 39.1 Å². The summed E-state index contributed by atoms with van der Waals surface area (Å²) in [6.45, 7) is 3.71. The van der Waals surface area contributed by atoms with Gasteiger partial charge in [-0.2, -0.15) is 0 Å². The number of fused-ring (bicyclic) bond motifs is 3. The largest absolute Gasteiger partial charge is 0.391 e. The van der Waals surface area contributed by atoms with Crippen LogP contribution in [-0.2, 0) is 17.6 Å². The van der Waals surface area contributed by atoms with E-state index in [0.29, 0.717) is 18.5 Å².